The maximum Gasteiger partial charge on any atom is 0.0464 e. The predicted octanol–water partition coefficient (Wildman–Crippen LogP) is 5.17. The van der Waals surface area contributed by atoms with Gasteiger partial charge in [0.25, 0.3) is 0 Å². The van der Waals surface area contributed by atoms with Gasteiger partial charge in [-0.1, -0.05) is 42.5 Å². The Labute approximate surface area is 131 Å². The first-order chi connectivity index (χ1) is 9.79. The third kappa shape index (κ3) is 2.66. The summed E-state index contributed by atoms with van der Waals surface area (Å²) in [6.45, 7) is 0. The highest BCUT2D eigenvalue weighted by Gasteiger charge is 2.15. The van der Waals surface area contributed by atoms with Crippen LogP contribution >= 0.6 is 27.3 Å². The van der Waals surface area contributed by atoms with E-state index in [4.69, 9.17) is 0 Å². The van der Waals surface area contributed by atoms with Crippen molar-refractivity contribution in [1.29, 1.82) is 0 Å². The molecule has 20 heavy (non-hydrogen) atoms. The summed E-state index contributed by atoms with van der Waals surface area (Å²) in [4.78, 5) is 1.36. The molecule has 0 aliphatic carbocycles. The van der Waals surface area contributed by atoms with Gasteiger partial charge in [-0.15, -0.1) is 11.3 Å². The second kappa shape index (κ2) is 6.08. The van der Waals surface area contributed by atoms with E-state index in [0.29, 0.717) is 6.04 Å². The summed E-state index contributed by atoms with van der Waals surface area (Å²) in [6.07, 6.45) is 0.997. The summed E-state index contributed by atoms with van der Waals surface area (Å²) in [6, 6.07) is 17.6. The van der Waals surface area contributed by atoms with E-state index in [9.17, 15) is 0 Å². The Bertz CT molecular complexity index is 714. The van der Waals surface area contributed by atoms with E-state index in [1.54, 1.807) is 11.3 Å². The standard InChI is InChI=1S/C17H16BrNS/c1-19-16(17-15(18)9-10-20-17)11-13-7-4-6-12-5-2-3-8-14(12)13/h2-10,16,19H,11H2,1H3. The van der Waals surface area contributed by atoms with Crippen LogP contribution in [0.2, 0.25) is 0 Å². The van der Waals surface area contributed by atoms with Crippen molar-refractivity contribution in [3.63, 3.8) is 0 Å². The number of fused-ring (bicyclic) bond motifs is 1. The van der Waals surface area contributed by atoms with E-state index >= 15 is 0 Å². The third-order valence-corrected chi connectivity index (χ3v) is 5.60. The Morgan fingerprint density at radius 1 is 1.10 bits per heavy atom. The van der Waals surface area contributed by atoms with Crippen molar-refractivity contribution in [2.45, 2.75) is 12.5 Å². The van der Waals surface area contributed by atoms with E-state index < -0.39 is 0 Å². The molecule has 3 rings (SSSR count). The Kier molecular flexibility index (Phi) is 4.20. The largest absolute Gasteiger partial charge is 0.312 e. The number of rotatable bonds is 4. The van der Waals surface area contributed by atoms with E-state index in [2.05, 4.69) is 75.2 Å². The molecule has 0 fully saturated rings. The molecular formula is C17H16BrNS. The predicted molar refractivity (Wildman–Crippen MR) is 91.5 cm³/mol. The summed E-state index contributed by atoms with van der Waals surface area (Å²) < 4.78 is 1.20. The number of likely N-dealkylation sites (N-methyl/N-ethyl adjacent to an activating group) is 1. The lowest BCUT2D eigenvalue weighted by Crippen LogP contribution is -2.18. The van der Waals surface area contributed by atoms with Gasteiger partial charge >= 0.3 is 0 Å². The van der Waals surface area contributed by atoms with Crippen LogP contribution in [0.3, 0.4) is 0 Å². The quantitative estimate of drug-likeness (QED) is 0.687. The highest BCUT2D eigenvalue weighted by Crippen LogP contribution is 2.32. The molecule has 1 aromatic heterocycles. The minimum Gasteiger partial charge on any atom is -0.312 e. The molecule has 3 heteroatoms. The lowest BCUT2D eigenvalue weighted by atomic mass is 9.98. The van der Waals surface area contributed by atoms with Crippen LogP contribution in [0.15, 0.2) is 58.4 Å². The van der Waals surface area contributed by atoms with E-state index in [1.165, 1.54) is 25.7 Å². The van der Waals surface area contributed by atoms with Crippen LogP contribution in [0.25, 0.3) is 10.8 Å². The Morgan fingerprint density at radius 3 is 2.65 bits per heavy atom. The van der Waals surface area contributed by atoms with Crippen LogP contribution in [0, 0.1) is 0 Å². The van der Waals surface area contributed by atoms with Gasteiger partial charge in [0.15, 0.2) is 0 Å². The van der Waals surface area contributed by atoms with E-state index in [0.717, 1.165) is 6.42 Å². The lowest BCUT2D eigenvalue weighted by Gasteiger charge is -2.17. The van der Waals surface area contributed by atoms with Crippen molar-refractivity contribution in [3.8, 4) is 0 Å². The molecule has 1 N–H and O–H groups in total. The second-order valence-corrected chi connectivity index (χ2v) is 6.62. The molecular weight excluding hydrogens is 330 g/mol. The first kappa shape index (κ1) is 13.8. The molecule has 1 unspecified atom stereocenters. The first-order valence-electron chi connectivity index (χ1n) is 6.66. The van der Waals surface area contributed by atoms with Crippen molar-refractivity contribution >= 4 is 38.0 Å². The summed E-state index contributed by atoms with van der Waals surface area (Å²) in [7, 11) is 2.03. The van der Waals surface area contributed by atoms with Gasteiger partial charge in [-0.2, -0.15) is 0 Å². The van der Waals surface area contributed by atoms with Gasteiger partial charge in [-0.05, 0) is 57.2 Å². The molecule has 0 bridgehead atoms. The van der Waals surface area contributed by atoms with Crippen LogP contribution in [-0.4, -0.2) is 7.05 Å². The van der Waals surface area contributed by atoms with Crippen LogP contribution in [0.1, 0.15) is 16.5 Å². The van der Waals surface area contributed by atoms with Crippen LogP contribution < -0.4 is 5.32 Å². The molecule has 0 aliphatic rings. The average Bonchev–Trinajstić information content (AvgIpc) is 2.91. The van der Waals surface area contributed by atoms with Gasteiger partial charge in [0.05, 0.1) is 0 Å². The molecule has 1 nitrogen and oxygen atoms in total. The van der Waals surface area contributed by atoms with E-state index in [-0.39, 0.29) is 0 Å². The average molecular weight is 346 g/mol. The number of hydrogen-bond donors (Lipinski definition) is 1. The zero-order valence-electron chi connectivity index (χ0n) is 11.3. The molecule has 0 amide bonds. The fourth-order valence-electron chi connectivity index (χ4n) is 2.57. The van der Waals surface area contributed by atoms with Crippen molar-refractivity contribution < 1.29 is 0 Å². The SMILES string of the molecule is CNC(Cc1cccc2ccccc12)c1sccc1Br. The monoisotopic (exact) mass is 345 g/mol. The Balaban J connectivity index is 1.98. The molecule has 0 saturated heterocycles. The summed E-state index contributed by atoms with van der Waals surface area (Å²) >= 11 is 5.44. The second-order valence-electron chi connectivity index (χ2n) is 4.82. The minimum absolute atomic E-state index is 0.343. The van der Waals surface area contributed by atoms with Crippen LogP contribution in [0.4, 0.5) is 0 Å². The van der Waals surface area contributed by atoms with Crippen molar-refractivity contribution in [2.24, 2.45) is 0 Å². The van der Waals surface area contributed by atoms with Gasteiger partial charge in [0.2, 0.25) is 0 Å². The zero-order valence-corrected chi connectivity index (χ0v) is 13.7. The highest BCUT2D eigenvalue weighted by molar-refractivity contribution is 9.10. The van der Waals surface area contributed by atoms with Gasteiger partial charge in [-0.3, -0.25) is 0 Å². The molecule has 1 heterocycles. The van der Waals surface area contributed by atoms with Crippen molar-refractivity contribution in [2.75, 3.05) is 7.05 Å². The molecule has 1 atom stereocenters. The summed E-state index contributed by atoms with van der Waals surface area (Å²) in [5.41, 5.74) is 1.39. The molecule has 2 aromatic carbocycles. The Morgan fingerprint density at radius 2 is 1.90 bits per heavy atom. The van der Waals surface area contributed by atoms with Crippen molar-refractivity contribution in [1.82, 2.24) is 5.32 Å². The molecule has 0 spiro atoms. The zero-order chi connectivity index (χ0) is 13.9. The maximum atomic E-state index is 3.64. The van der Waals surface area contributed by atoms with E-state index in [1.807, 2.05) is 7.05 Å². The molecule has 3 aromatic rings. The number of thiophene rings is 1. The first-order valence-corrected chi connectivity index (χ1v) is 8.33. The van der Waals surface area contributed by atoms with Crippen LogP contribution in [0.5, 0.6) is 0 Å². The fourth-order valence-corrected chi connectivity index (χ4v) is 4.33. The number of benzene rings is 2. The van der Waals surface area contributed by atoms with Gasteiger partial charge in [-0.25, -0.2) is 0 Å². The lowest BCUT2D eigenvalue weighted by molar-refractivity contribution is 0.602. The third-order valence-electron chi connectivity index (χ3n) is 3.61. The maximum absolute atomic E-state index is 3.64. The van der Waals surface area contributed by atoms with Crippen molar-refractivity contribution in [3.05, 3.63) is 68.8 Å². The number of hydrogen-bond acceptors (Lipinski definition) is 2. The number of halogens is 1. The van der Waals surface area contributed by atoms with Gasteiger partial charge < -0.3 is 5.32 Å². The highest BCUT2D eigenvalue weighted by atomic mass is 79.9. The molecule has 102 valence electrons. The molecule has 0 saturated carbocycles. The molecule has 0 radical (unpaired) electrons. The van der Waals surface area contributed by atoms with Gasteiger partial charge in [0, 0.05) is 15.4 Å². The normalized spacial score (nSPS) is 12.7. The van der Waals surface area contributed by atoms with Gasteiger partial charge in [0.1, 0.15) is 0 Å². The number of nitrogens with one attached hydrogen (secondary N) is 1. The minimum atomic E-state index is 0.343. The summed E-state index contributed by atoms with van der Waals surface area (Å²) in [5.74, 6) is 0. The molecule has 0 aliphatic heterocycles. The van der Waals surface area contributed by atoms with Crippen LogP contribution in [-0.2, 0) is 6.42 Å². The smallest absolute Gasteiger partial charge is 0.0464 e. The summed E-state index contributed by atoms with van der Waals surface area (Å²) in [5, 5.41) is 8.23. The Hall–Kier alpha value is -1.16. The fraction of sp³-hybridized carbons (Fsp3) is 0.176. The topological polar surface area (TPSA) is 12.0 Å².